The summed E-state index contributed by atoms with van der Waals surface area (Å²) >= 11 is 2.12. The van der Waals surface area contributed by atoms with Gasteiger partial charge in [0.2, 0.25) is 0 Å². The van der Waals surface area contributed by atoms with Crippen LogP contribution >= 0.6 is 0 Å². The Balaban J connectivity index is 0. The zero-order valence-electron chi connectivity index (χ0n) is 2.71. The molecule has 25 valence electrons. The minimum Gasteiger partial charge on any atom is -0.412 e. The van der Waals surface area contributed by atoms with Crippen molar-refractivity contribution in [2.75, 3.05) is 0 Å². The van der Waals surface area contributed by atoms with Crippen LogP contribution in [-0.2, 0) is 0 Å². The van der Waals surface area contributed by atoms with Crippen molar-refractivity contribution < 1.29 is 5.48 Å². The Labute approximate surface area is 34.9 Å². The average Bonchev–Trinajstić information content (AvgIpc) is 0.918. The van der Waals surface area contributed by atoms with Crippen molar-refractivity contribution in [1.82, 2.24) is 0 Å². The van der Waals surface area contributed by atoms with E-state index in [0.29, 0.717) is 0 Å². The van der Waals surface area contributed by atoms with E-state index in [2.05, 4.69) is 23.4 Å². The normalized spacial score (nSPS) is 4.50. The van der Waals surface area contributed by atoms with Crippen molar-refractivity contribution in [2.45, 2.75) is 12.2 Å². The Morgan fingerprint density at radius 3 is 1.75 bits per heavy atom. The molecule has 0 heterocycles. The van der Waals surface area contributed by atoms with E-state index in [9.17, 15) is 0 Å². The molecule has 0 rings (SSSR count). The second-order valence-electron chi connectivity index (χ2n) is 0.354. The van der Waals surface area contributed by atoms with E-state index in [1.807, 2.05) is 0 Å². The molecule has 0 aromatic heterocycles. The van der Waals surface area contributed by atoms with Crippen molar-refractivity contribution in [3.05, 3.63) is 0 Å². The summed E-state index contributed by atoms with van der Waals surface area (Å²) in [5, 5.41) is 1.25. The summed E-state index contributed by atoms with van der Waals surface area (Å²) in [5.41, 5.74) is 0. The molecule has 0 aliphatic carbocycles. The molecule has 0 aliphatic rings. The maximum absolute atomic E-state index is 2.12. The molecule has 0 aromatic rings. The Morgan fingerprint density at radius 1 is 1.75 bits per heavy atom. The van der Waals surface area contributed by atoms with Crippen molar-refractivity contribution in [3.8, 4) is 0 Å². The first kappa shape index (κ1) is 8.82. The predicted molar refractivity (Wildman–Crippen MR) is 19.8 cm³/mol. The molecular weight excluding hydrogens is 113 g/mol. The van der Waals surface area contributed by atoms with E-state index in [1.165, 1.54) is 5.25 Å². The van der Waals surface area contributed by atoms with Gasteiger partial charge in [0.25, 0.3) is 0 Å². The quantitative estimate of drug-likeness (QED) is 0.395. The molecule has 0 saturated carbocycles. The smallest absolute Gasteiger partial charge is 0.412 e. The average molecular weight is 120 g/mol. The first-order chi connectivity index (χ1) is 1.41. The van der Waals surface area contributed by atoms with Crippen LogP contribution in [0.2, 0.25) is 5.25 Å². The van der Waals surface area contributed by atoms with E-state index in [1.54, 1.807) is 0 Å². The molecule has 0 amide bonds. The third kappa shape index (κ3) is 22.4. The molecule has 2 heteroatoms. The molecule has 0 aliphatic heterocycles. The molecule has 0 spiro atoms. The molecule has 2 N–H and O–H groups in total. The number of hydrogen-bond acceptors (Lipinski definition) is 0. The second kappa shape index (κ2) is 9.72. The molecule has 0 aromatic carbocycles. The SMILES string of the molecule is C[CH2][Ge].O. The van der Waals surface area contributed by atoms with Crippen molar-refractivity contribution in [1.29, 1.82) is 0 Å². The minimum atomic E-state index is 0. The van der Waals surface area contributed by atoms with Gasteiger partial charge < -0.3 is 5.48 Å². The summed E-state index contributed by atoms with van der Waals surface area (Å²) in [6.07, 6.45) is 0. The molecule has 0 saturated heterocycles. The molecule has 0 fully saturated rings. The summed E-state index contributed by atoms with van der Waals surface area (Å²) in [4.78, 5) is 0. The van der Waals surface area contributed by atoms with E-state index in [-0.39, 0.29) is 5.48 Å². The zero-order chi connectivity index (χ0) is 2.71. The first-order valence-corrected chi connectivity index (χ1v) is 2.54. The van der Waals surface area contributed by atoms with Gasteiger partial charge in [0.05, 0.1) is 0 Å². The Hall–Kier alpha value is 0.503. The van der Waals surface area contributed by atoms with Crippen LogP contribution in [0.25, 0.3) is 0 Å². The fourth-order valence-electron chi connectivity index (χ4n) is 0. The summed E-state index contributed by atoms with van der Waals surface area (Å²) in [6.45, 7) is 2.12. The van der Waals surface area contributed by atoms with Gasteiger partial charge in [0.15, 0.2) is 0 Å². The van der Waals surface area contributed by atoms with Gasteiger partial charge in [-0.3, -0.25) is 0 Å². The van der Waals surface area contributed by atoms with Gasteiger partial charge in [-0.1, -0.05) is 0 Å². The first-order valence-electron chi connectivity index (χ1n) is 1.06. The molecule has 1 nitrogen and oxygen atoms in total. The standard InChI is InChI=1S/C2H5Ge.H2O/c1-2-3;/h2H2,1H3;1H2. The van der Waals surface area contributed by atoms with Gasteiger partial charge in [0.1, 0.15) is 0 Å². The van der Waals surface area contributed by atoms with E-state index in [4.69, 9.17) is 0 Å². The third-order valence-electron chi connectivity index (χ3n) is 0. The zero-order valence-corrected chi connectivity index (χ0v) is 4.81. The van der Waals surface area contributed by atoms with Crippen LogP contribution < -0.4 is 0 Å². The summed E-state index contributed by atoms with van der Waals surface area (Å²) in [6, 6.07) is 0. The van der Waals surface area contributed by atoms with Gasteiger partial charge in [0, 0.05) is 0 Å². The van der Waals surface area contributed by atoms with Crippen LogP contribution in [0.4, 0.5) is 0 Å². The Kier molecular flexibility index (Phi) is 21.4. The third-order valence-corrected chi connectivity index (χ3v) is 0. The second-order valence-corrected chi connectivity index (χ2v) is 1.84. The topological polar surface area (TPSA) is 31.5 Å². The van der Waals surface area contributed by atoms with E-state index in [0.717, 1.165) is 0 Å². The largest absolute Gasteiger partial charge is 0.412 e. The van der Waals surface area contributed by atoms with Crippen LogP contribution in [0.15, 0.2) is 0 Å². The summed E-state index contributed by atoms with van der Waals surface area (Å²) in [5.74, 6) is 0. The molecule has 0 bridgehead atoms. The minimum absolute atomic E-state index is 0. The fraction of sp³-hybridized carbons (Fsp3) is 1.00. The molecule has 0 atom stereocenters. The van der Waals surface area contributed by atoms with E-state index >= 15 is 0 Å². The van der Waals surface area contributed by atoms with Crippen LogP contribution in [-0.4, -0.2) is 22.0 Å². The maximum Gasteiger partial charge on any atom is -0.412 e. The van der Waals surface area contributed by atoms with Crippen molar-refractivity contribution >= 4 is 16.5 Å². The van der Waals surface area contributed by atoms with Gasteiger partial charge in [-0.2, -0.15) is 0 Å². The van der Waals surface area contributed by atoms with Crippen LogP contribution in [0.1, 0.15) is 6.92 Å². The number of hydrogen-bond donors (Lipinski definition) is 0. The maximum atomic E-state index is 2.12. The van der Waals surface area contributed by atoms with Crippen LogP contribution in [0.3, 0.4) is 0 Å². The Bertz CT molecular complexity index is 6.00. The van der Waals surface area contributed by atoms with Gasteiger partial charge in [-0.25, -0.2) is 0 Å². The Morgan fingerprint density at radius 2 is 1.75 bits per heavy atom. The fourth-order valence-corrected chi connectivity index (χ4v) is 0. The molecular formula is C2H7GeO. The summed E-state index contributed by atoms with van der Waals surface area (Å²) in [7, 11) is 0. The summed E-state index contributed by atoms with van der Waals surface area (Å²) < 4.78 is 0. The van der Waals surface area contributed by atoms with E-state index < -0.39 is 0 Å². The monoisotopic (exact) mass is 121 g/mol. The van der Waals surface area contributed by atoms with Gasteiger partial charge in [-0.05, 0) is 0 Å². The molecule has 3 radical (unpaired) electrons. The van der Waals surface area contributed by atoms with Crippen LogP contribution in [0.5, 0.6) is 0 Å². The van der Waals surface area contributed by atoms with Crippen LogP contribution in [0, 0.1) is 0 Å². The van der Waals surface area contributed by atoms with Crippen molar-refractivity contribution in [2.24, 2.45) is 0 Å². The molecule has 0 unspecified atom stereocenters. The molecule has 4 heavy (non-hydrogen) atoms. The van der Waals surface area contributed by atoms with Gasteiger partial charge in [-0.15, -0.1) is 0 Å². The van der Waals surface area contributed by atoms with Crippen molar-refractivity contribution in [3.63, 3.8) is 0 Å². The predicted octanol–water partition coefficient (Wildman–Crippen LogP) is -0.232. The van der Waals surface area contributed by atoms with Gasteiger partial charge >= 0.3 is 28.7 Å². The number of rotatable bonds is 0.